The Labute approximate surface area is 104 Å². The summed E-state index contributed by atoms with van der Waals surface area (Å²) in [6, 6.07) is 7.78. The lowest BCUT2D eigenvalue weighted by atomic mass is 9.86. The van der Waals surface area contributed by atoms with Crippen LogP contribution in [0.2, 0.25) is 0 Å². The molecule has 3 heteroatoms. The summed E-state index contributed by atoms with van der Waals surface area (Å²) < 4.78 is 0. The van der Waals surface area contributed by atoms with Crippen LogP contribution in [0.25, 0.3) is 0 Å². The molecule has 17 heavy (non-hydrogen) atoms. The third-order valence-electron chi connectivity index (χ3n) is 2.52. The van der Waals surface area contributed by atoms with E-state index in [9.17, 15) is 4.79 Å². The SMILES string of the molecule is CCCNC(=O)Nc1ccccc1C(C)(C)C. The zero-order valence-electron chi connectivity index (χ0n) is 11.1. The van der Waals surface area contributed by atoms with E-state index in [2.05, 4.69) is 37.5 Å². The van der Waals surface area contributed by atoms with Crippen molar-refractivity contribution in [1.82, 2.24) is 5.32 Å². The van der Waals surface area contributed by atoms with E-state index in [-0.39, 0.29) is 11.4 Å². The maximum Gasteiger partial charge on any atom is 0.319 e. The number of para-hydroxylation sites is 1. The van der Waals surface area contributed by atoms with Crippen LogP contribution in [0.3, 0.4) is 0 Å². The van der Waals surface area contributed by atoms with Crippen molar-refractivity contribution in [3.05, 3.63) is 29.8 Å². The van der Waals surface area contributed by atoms with E-state index in [0.29, 0.717) is 6.54 Å². The van der Waals surface area contributed by atoms with Gasteiger partial charge < -0.3 is 10.6 Å². The molecule has 0 saturated carbocycles. The van der Waals surface area contributed by atoms with Gasteiger partial charge in [0.2, 0.25) is 0 Å². The topological polar surface area (TPSA) is 41.1 Å². The van der Waals surface area contributed by atoms with Crippen molar-refractivity contribution in [2.24, 2.45) is 0 Å². The Hall–Kier alpha value is -1.51. The summed E-state index contributed by atoms with van der Waals surface area (Å²) in [4.78, 5) is 11.6. The van der Waals surface area contributed by atoms with E-state index in [0.717, 1.165) is 17.7 Å². The largest absolute Gasteiger partial charge is 0.338 e. The molecular formula is C14H22N2O. The Kier molecular flexibility index (Phi) is 4.55. The molecule has 0 fully saturated rings. The maximum atomic E-state index is 11.6. The first kappa shape index (κ1) is 13.6. The van der Waals surface area contributed by atoms with E-state index < -0.39 is 0 Å². The van der Waals surface area contributed by atoms with Gasteiger partial charge in [0, 0.05) is 12.2 Å². The maximum absolute atomic E-state index is 11.6. The monoisotopic (exact) mass is 234 g/mol. The number of anilines is 1. The zero-order valence-corrected chi connectivity index (χ0v) is 11.1. The van der Waals surface area contributed by atoms with Crippen LogP contribution in [0, 0.1) is 0 Å². The fourth-order valence-electron chi connectivity index (χ4n) is 1.65. The van der Waals surface area contributed by atoms with Crippen molar-refractivity contribution in [1.29, 1.82) is 0 Å². The number of nitrogens with one attached hydrogen (secondary N) is 2. The van der Waals surface area contributed by atoms with Gasteiger partial charge in [-0.2, -0.15) is 0 Å². The minimum atomic E-state index is -0.136. The third kappa shape index (κ3) is 4.10. The van der Waals surface area contributed by atoms with E-state index in [1.165, 1.54) is 0 Å². The molecule has 3 nitrogen and oxygen atoms in total. The van der Waals surface area contributed by atoms with Gasteiger partial charge in [0.05, 0.1) is 0 Å². The number of carbonyl (C=O) groups excluding carboxylic acids is 1. The highest BCUT2D eigenvalue weighted by Gasteiger charge is 2.18. The van der Waals surface area contributed by atoms with Crippen molar-refractivity contribution >= 4 is 11.7 Å². The number of urea groups is 1. The zero-order chi connectivity index (χ0) is 12.9. The second-order valence-corrected chi connectivity index (χ2v) is 5.18. The number of hydrogen-bond acceptors (Lipinski definition) is 1. The highest BCUT2D eigenvalue weighted by Crippen LogP contribution is 2.28. The molecule has 0 heterocycles. The fourth-order valence-corrected chi connectivity index (χ4v) is 1.65. The van der Waals surface area contributed by atoms with Crippen molar-refractivity contribution < 1.29 is 4.79 Å². The molecule has 2 amide bonds. The molecule has 0 unspecified atom stereocenters. The fraction of sp³-hybridized carbons (Fsp3) is 0.500. The van der Waals surface area contributed by atoms with E-state index in [1.54, 1.807) is 0 Å². The predicted octanol–water partition coefficient (Wildman–Crippen LogP) is 3.52. The van der Waals surface area contributed by atoms with Gasteiger partial charge in [-0.25, -0.2) is 4.79 Å². The molecule has 0 atom stereocenters. The summed E-state index contributed by atoms with van der Waals surface area (Å²) in [7, 11) is 0. The van der Waals surface area contributed by atoms with Crippen LogP contribution < -0.4 is 10.6 Å². The summed E-state index contributed by atoms with van der Waals surface area (Å²) in [5.74, 6) is 0. The lowest BCUT2D eigenvalue weighted by molar-refractivity contribution is 0.252. The number of carbonyl (C=O) groups is 1. The van der Waals surface area contributed by atoms with Gasteiger partial charge in [0.1, 0.15) is 0 Å². The summed E-state index contributed by atoms with van der Waals surface area (Å²) in [6.45, 7) is 9.14. The first-order valence-corrected chi connectivity index (χ1v) is 6.09. The third-order valence-corrected chi connectivity index (χ3v) is 2.52. The van der Waals surface area contributed by atoms with Crippen molar-refractivity contribution in [2.75, 3.05) is 11.9 Å². The quantitative estimate of drug-likeness (QED) is 0.825. The average molecular weight is 234 g/mol. The molecule has 0 radical (unpaired) electrons. The smallest absolute Gasteiger partial charge is 0.319 e. The average Bonchev–Trinajstić information content (AvgIpc) is 2.25. The van der Waals surface area contributed by atoms with Crippen molar-refractivity contribution in [2.45, 2.75) is 39.5 Å². The van der Waals surface area contributed by atoms with Gasteiger partial charge in [-0.15, -0.1) is 0 Å². The normalized spacial score (nSPS) is 11.1. The van der Waals surface area contributed by atoms with Crippen LogP contribution in [-0.4, -0.2) is 12.6 Å². The molecule has 0 aromatic heterocycles. The first-order chi connectivity index (χ1) is 7.95. The Balaban J connectivity index is 2.81. The molecule has 0 aliphatic heterocycles. The van der Waals surface area contributed by atoms with Crippen LogP contribution >= 0.6 is 0 Å². The summed E-state index contributed by atoms with van der Waals surface area (Å²) in [6.07, 6.45) is 0.939. The highest BCUT2D eigenvalue weighted by atomic mass is 16.2. The Morgan fingerprint density at radius 2 is 1.88 bits per heavy atom. The lowest BCUT2D eigenvalue weighted by Gasteiger charge is -2.23. The van der Waals surface area contributed by atoms with Gasteiger partial charge >= 0.3 is 6.03 Å². The van der Waals surface area contributed by atoms with Crippen LogP contribution in [0.5, 0.6) is 0 Å². The molecular weight excluding hydrogens is 212 g/mol. The Bertz CT molecular complexity index is 380. The number of benzene rings is 1. The number of amides is 2. The van der Waals surface area contributed by atoms with E-state index >= 15 is 0 Å². The molecule has 1 rings (SSSR count). The molecule has 94 valence electrons. The molecule has 2 N–H and O–H groups in total. The summed E-state index contributed by atoms with van der Waals surface area (Å²) in [5.41, 5.74) is 2.05. The standard InChI is InChI=1S/C14H22N2O/c1-5-10-15-13(17)16-12-9-7-6-8-11(12)14(2,3)4/h6-9H,5,10H2,1-4H3,(H2,15,16,17). The number of rotatable bonds is 3. The molecule has 1 aromatic carbocycles. The Morgan fingerprint density at radius 1 is 1.24 bits per heavy atom. The minimum Gasteiger partial charge on any atom is -0.338 e. The molecule has 0 saturated heterocycles. The van der Waals surface area contributed by atoms with Crippen molar-refractivity contribution in [3.8, 4) is 0 Å². The second-order valence-electron chi connectivity index (χ2n) is 5.18. The highest BCUT2D eigenvalue weighted by molar-refractivity contribution is 5.90. The van der Waals surface area contributed by atoms with Crippen LogP contribution in [0.1, 0.15) is 39.7 Å². The first-order valence-electron chi connectivity index (χ1n) is 6.09. The van der Waals surface area contributed by atoms with Gasteiger partial charge in [0.25, 0.3) is 0 Å². The van der Waals surface area contributed by atoms with Crippen LogP contribution in [0.4, 0.5) is 10.5 Å². The molecule has 0 aliphatic carbocycles. The second kappa shape index (κ2) is 5.71. The van der Waals surface area contributed by atoms with Crippen LogP contribution in [-0.2, 0) is 5.41 Å². The van der Waals surface area contributed by atoms with Gasteiger partial charge in [0.15, 0.2) is 0 Å². The van der Waals surface area contributed by atoms with Crippen LogP contribution in [0.15, 0.2) is 24.3 Å². The summed E-state index contributed by atoms with van der Waals surface area (Å²) in [5, 5.41) is 5.71. The van der Waals surface area contributed by atoms with Gasteiger partial charge in [-0.3, -0.25) is 0 Å². The molecule has 0 bridgehead atoms. The molecule has 0 spiro atoms. The minimum absolute atomic E-state index is 0.0225. The lowest BCUT2D eigenvalue weighted by Crippen LogP contribution is -2.30. The van der Waals surface area contributed by atoms with E-state index in [4.69, 9.17) is 0 Å². The van der Waals surface area contributed by atoms with Gasteiger partial charge in [-0.05, 0) is 23.5 Å². The molecule has 0 aliphatic rings. The van der Waals surface area contributed by atoms with Gasteiger partial charge in [-0.1, -0.05) is 45.9 Å². The Morgan fingerprint density at radius 3 is 2.47 bits per heavy atom. The van der Waals surface area contributed by atoms with E-state index in [1.807, 2.05) is 25.1 Å². The van der Waals surface area contributed by atoms with Crippen molar-refractivity contribution in [3.63, 3.8) is 0 Å². The molecule has 1 aromatic rings. The predicted molar refractivity (Wildman–Crippen MR) is 72.5 cm³/mol. The number of hydrogen-bond donors (Lipinski definition) is 2. The summed E-state index contributed by atoms with van der Waals surface area (Å²) >= 11 is 0.